The summed E-state index contributed by atoms with van der Waals surface area (Å²) in [5.41, 5.74) is 1.66. The smallest absolute Gasteiger partial charge is 0.161 e. The molecule has 0 spiro atoms. The van der Waals surface area contributed by atoms with Crippen LogP contribution in [-0.4, -0.2) is 11.2 Å². The summed E-state index contributed by atoms with van der Waals surface area (Å²) in [6.45, 7) is 1.74. The van der Waals surface area contributed by atoms with Crippen molar-refractivity contribution in [3.63, 3.8) is 0 Å². The van der Waals surface area contributed by atoms with Gasteiger partial charge >= 0.3 is 0 Å². The largest absolute Gasteiger partial charge is 0.374 e. The van der Waals surface area contributed by atoms with E-state index in [-0.39, 0.29) is 0 Å². The van der Waals surface area contributed by atoms with Crippen LogP contribution < -0.4 is 0 Å². The Labute approximate surface area is 77.8 Å². The molecule has 2 heteroatoms. The fraction of sp³-hybridized carbons (Fsp3) is 0.182. The van der Waals surface area contributed by atoms with Crippen LogP contribution in [0.4, 0.5) is 0 Å². The van der Waals surface area contributed by atoms with Gasteiger partial charge in [-0.05, 0) is 18.1 Å². The van der Waals surface area contributed by atoms with E-state index >= 15 is 0 Å². The van der Waals surface area contributed by atoms with Crippen LogP contribution in [0.1, 0.15) is 12.5 Å². The summed E-state index contributed by atoms with van der Waals surface area (Å²) in [6.07, 6.45) is 0.800. The molecule has 0 aliphatic heterocycles. The molecule has 0 bridgehead atoms. The van der Waals surface area contributed by atoms with Gasteiger partial charge in [0.1, 0.15) is 0 Å². The van der Waals surface area contributed by atoms with E-state index in [1.165, 1.54) is 0 Å². The Morgan fingerprint density at radius 3 is 2.62 bits per heavy atom. The number of aliphatic hydroxyl groups excluding tert-OH is 1. The standard InChI is InChI=1S/C11H11NO/c1-9(11(13)8-12)7-10-5-3-2-4-6-10/h2-7,11,13H,1H3/b9-7+/t11-/m1/s1. The minimum atomic E-state index is -1.000. The van der Waals surface area contributed by atoms with Crippen molar-refractivity contribution in [2.75, 3.05) is 0 Å². The molecule has 66 valence electrons. The molecule has 1 N–H and O–H groups in total. The molecule has 0 radical (unpaired) electrons. The van der Waals surface area contributed by atoms with Gasteiger partial charge in [0.2, 0.25) is 0 Å². The lowest BCUT2D eigenvalue weighted by molar-refractivity contribution is 0.267. The first-order chi connectivity index (χ1) is 6.24. The van der Waals surface area contributed by atoms with E-state index in [1.54, 1.807) is 19.1 Å². The number of aliphatic hydroxyl groups is 1. The maximum Gasteiger partial charge on any atom is 0.161 e. The van der Waals surface area contributed by atoms with Gasteiger partial charge in [0.25, 0.3) is 0 Å². The lowest BCUT2D eigenvalue weighted by Crippen LogP contribution is -2.03. The summed E-state index contributed by atoms with van der Waals surface area (Å²) in [7, 11) is 0. The molecule has 2 nitrogen and oxygen atoms in total. The van der Waals surface area contributed by atoms with Crippen LogP contribution in [0.5, 0.6) is 0 Å². The Balaban J connectivity index is 2.84. The summed E-state index contributed by atoms with van der Waals surface area (Å²) in [4.78, 5) is 0. The molecule has 0 saturated heterocycles. The van der Waals surface area contributed by atoms with Crippen LogP contribution >= 0.6 is 0 Å². The van der Waals surface area contributed by atoms with Crippen molar-refractivity contribution in [1.29, 1.82) is 5.26 Å². The maximum absolute atomic E-state index is 9.16. The first-order valence-corrected chi connectivity index (χ1v) is 4.05. The Kier molecular flexibility index (Phi) is 3.24. The van der Waals surface area contributed by atoms with E-state index in [0.717, 1.165) is 5.56 Å². The van der Waals surface area contributed by atoms with Crippen molar-refractivity contribution >= 4 is 6.08 Å². The van der Waals surface area contributed by atoms with Crippen LogP contribution in [0.15, 0.2) is 35.9 Å². The average molecular weight is 173 g/mol. The van der Waals surface area contributed by atoms with Gasteiger partial charge in [0, 0.05) is 0 Å². The van der Waals surface area contributed by atoms with Crippen molar-refractivity contribution in [2.24, 2.45) is 0 Å². The van der Waals surface area contributed by atoms with Crippen molar-refractivity contribution in [3.05, 3.63) is 41.5 Å². The molecule has 1 aromatic rings. The monoisotopic (exact) mass is 173 g/mol. The predicted molar refractivity (Wildman–Crippen MR) is 51.7 cm³/mol. The van der Waals surface area contributed by atoms with Crippen LogP contribution in [0.2, 0.25) is 0 Å². The SMILES string of the molecule is C/C(=C\c1ccccc1)[C@H](O)C#N. The molecule has 0 aromatic heterocycles. The van der Waals surface area contributed by atoms with E-state index in [2.05, 4.69) is 0 Å². The number of rotatable bonds is 2. The lowest BCUT2D eigenvalue weighted by atomic mass is 10.1. The van der Waals surface area contributed by atoms with Gasteiger partial charge in [0.05, 0.1) is 6.07 Å². The highest BCUT2D eigenvalue weighted by atomic mass is 16.3. The Bertz CT molecular complexity index is 335. The Morgan fingerprint density at radius 1 is 1.46 bits per heavy atom. The molecule has 0 aliphatic rings. The zero-order valence-corrected chi connectivity index (χ0v) is 7.44. The molecule has 13 heavy (non-hydrogen) atoms. The Morgan fingerprint density at radius 2 is 2.08 bits per heavy atom. The van der Waals surface area contributed by atoms with E-state index in [4.69, 9.17) is 10.4 Å². The number of hydrogen-bond acceptors (Lipinski definition) is 2. The molecular weight excluding hydrogens is 162 g/mol. The number of nitriles is 1. The zero-order chi connectivity index (χ0) is 9.68. The van der Waals surface area contributed by atoms with Crippen LogP contribution in [0, 0.1) is 11.3 Å². The summed E-state index contributed by atoms with van der Waals surface area (Å²) in [5, 5.41) is 17.6. The van der Waals surface area contributed by atoms with Gasteiger partial charge in [0.15, 0.2) is 6.10 Å². The van der Waals surface area contributed by atoms with Crippen LogP contribution in [0.25, 0.3) is 6.08 Å². The third kappa shape index (κ3) is 2.73. The van der Waals surface area contributed by atoms with Gasteiger partial charge < -0.3 is 5.11 Å². The molecule has 1 aromatic carbocycles. The molecule has 0 unspecified atom stereocenters. The second-order valence-electron chi connectivity index (χ2n) is 2.83. The molecule has 1 rings (SSSR count). The predicted octanol–water partition coefficient (Wildman–Crippen LogP) is 1.97. The number of nitrogens with zero attached hydrogens (tertiary/aromatic N) is 1. The lowest BCUT2D eigenvalue weighted by Gasteiger charge is -2.01. The highest BCUT2D eigenvalue weighted by Gasteiger charge is 2.02. The van der Waals surface area contributed by atoms with Crippen molar-refractivity contribution in [3.8, 4) is 6.07 Å². The second kappa shape index (κ2) is 4.44. The molecule has 0 aliphatic carbocycles. The first-order valence-electron chi connectivity index (χ1n) is 4.05. The molecular formula is C11H11NO. The summed E-state index contributed by atoms with van der Waals surface area (Å²) >= 11 is 0. The highest BCUT2D eigenvalue weighted by molar-refractivity contribution is 5.53. The van der Waals surface area contributed by atoms with E-state index in [0.29, 0.717) is 5.57 Å². The normalized spacial score (nSPS) is 13.5. The van der Waals surface area contributed by atoms with E-state index < -0.39 is 6.10 Å². The highest BCUT2D eigenvalue weighted by Crippen LogP contribution is 2.08. The summed E-state index contributed by atoms with van der Waals surface area (Å²) < 4.78 is 0. The average Bonchev–Trinajstić information content (AvgIpc) is 2.18. The van der Waals surface area contributed by atoms with Crippen molar-refractivity contribution in [2.45, 2.75) is 13.0 Å². The van der Waals surface area contributed by atoms with Gasteiger partial charge in [-0.2, -0.15) is 5.26 Å². The topological polar surface area (TPSA) is 44.0 Å². The summed E-state index contributed by atoms with van der Waals surface area (Å²) in [5.74, 6) is 0. The Hall–Kier alpha value is -1.59. The molecule has 1 atom stereocenters. The van der Waals surface area contributed by atoms with Crippen molar-refractivity contribution < 1.29 is 5.11 Å². The number of hydrogen-bond donors (Lipinski definition) is 1. The second-order valence-corrected chi connectivity index (χ2v) is 2.83. The van der Waals surface area contributed by atoms with E-state index in [9.17, 15) is 0 Å². The fourth-order valence-corrected chi connectivity index (χ4v) is 0.993. The fourth-order valence-electron chi connectivity index (χ4n) is 0.993. The van der Waals surface area contributed by atoms with Crippen LogP contribution in [0.3, 0.4) is 0 Å². The molecule has 0 saturated carbocycles. The zero-order valence-electron chi connectivity index (χ0n) is 7.44. The van der Waals surface area contributed by atoms with Gasteiger partial charge in [-0.25, -0.2) is 0 Å². The molecule has 0 heterocycles. The maximum atomic E-state index is 9.16. The van der Waals surface area contributed by atoms with Gasteiger partial charge in [-0.15, -0.1) is 0 Å². The third-order valence-electron chi connectivity index (χ3n) is 1.75. The first kappa shape index (κ1) is 9.50. The quantitative estimate of drug-likeness (QED) is 0.695. The summed E-state index contributed by atoms with van der Waals surface area (Å²) in [6, 6.07) is 11.4. The van der Waals surface area contributed by atoms with Gasteiger partial charge in [-0.3, -0.25) is 0 Å². The van der Waals surface area contributed by atoms with Crippen molar-refractivity contribution in [1.82, 2.24) is 0 Å². The molecule has 0 fully saturated rings. The van der Waals surface area contributed by atoms with E-state index in [1.807, 2.05) is 30.3 Å². The van der Waals surface area contributed by atoms with Crippen LogP contribution in [-0.2, 0) is 0 Å². The minimum Gasteiger partial charge on any atom is -0.374 e. The van der Waals surface area contributed by atoms with Gasteiger partial charge in [-0.1, -0.05) is 36.4 Å². The number of benzene rings is 1. The minimum absolute atomic E-state index is 0.661. The third-order valence-corrected chi connectivity index (χ3v) is 1.75. The molecule has 0 amide bonds.